The Balaban J connectivity index is 1.97. The molecule has 3 aromatic rings. The summed E-state index contributed by atoms with van der Waals surface area (Å²) in [6, 6.07) is 16.0. The van der Waals surface area contributed by atoms with Crippen molar-refractivity contribution in [2.24, 2.45) is 5.92 Å². The van der Waals surface area contributed by atoms with E-state index in [0.717, 1.165) is 35.7 Å². The third kappa shape index (κ3) is 4.70. The van der Waals surface area contributed by atoms with Gasteiger partial charge in [-0.1, -0.05) is 69.7 Å². The molecule has 0 saturated carbocycles. The zero-order chi connectivity index (χ0) is 19.2. The van der Waals surface area contributed by atoms with Gasteiger partial charge in [-0.05, 0) is 30.4 Å². The predicted molar refractivity (Wildman–Crippen MR) is 111 cm³/mol. The van der Waals surface area contributed by atoms with E-state index in [2.05, 4.69) is 48.2 Å². The van der Waals surface area contributed by atoms with Crippen molar-refractivity contribution in [2.75, 3.05) is 6.54 Å². The highest BCUT2D eigenvalue weighted by Gasteiger charge is 2.15. The molecule has 4 heteroatoms. The molecule has 1 N–H and O–H groups in total. The van der Waals surface area contributed by atoms with Crippen molar-refractivity contribution in [2.45, 2.75) is 40.0 Å². The van der Waals surface area contributed by atoms with Gasteiger partial charge >= 0.3 is 0 Å². The second-order valence-electron chi connectivity index (χ2n) is 7.32. The molecule has 2 aromatic carbocycles. The van der Waals surface area contributed by atoms with Crippen LogP contribution in [0.2, 0.25) is 0 Å². The van der Waals surface area contributed by atoms with Crippen LogP contribution in [-0.2, 0) is 6.42 Å². The van der Waals surface area contributed by atoms with Gasteiger partial charge in [0, 0.05) is 17.5 Å². The molecule has 0 fully saturated rings. The molecule has 0 spiro atoms. The Morgan fingerprint density at radius 1 is 1.04 bits per heavy atom. The minimum atomic E-state index is -0.139. The van der Waals surface area contributed by atoms with Crippen molar-refractivity contribution in [3.05, 3.63) is 59.8 Å². The van der Waals surface area contributed by atoms with E-state index in [1.54, 1.807) is 0 Å². The predicted octanol–water partition coefficient (Wildman–Crippen LogP) is 5.03. The van der Waals surface area contributed by atoms with E-state index in [9.17, 15) is 4.79 Å². The standard InChI is InChI=1S/C23H27N3O/c1-4-5-14-24-23(27)21-19-8-6-7-9-20(19)25-22(26-21)18-12-10-17(11-13-18)15-16(2)3/h6-13,16H,4-5,14-15H2,1-3H3,(H,24,27). The zero-order valence-electron chi connectivity index (χ0n) is 16.3. The van der Waals surface area contributed by atoms with Crippen LogP contribution in [0.4, 0.5) is 0 Å². The number of aromatic nitrogens is 2. The number of hydrogen-bond acceptors (Lipinski definition) is 3. The van der Waals surface area contributed by atoms with Gasteiger partial charge in [-0.25, -0.2) is 9.97 Å². The Labute approximate surface area is 161 Å². The van der Waals surface area contributed by atoms with Crippen LogP contribution in [0.1, 0.15) is 49.7 Å². The SMILES string of the molecule is CCCCNC(=O)c1nc(-c2ccc(CC(C)C)cc2)nc2ccccc12. The van der Waals surface area contributed by atoms with E-state index in [1.165, 1.54) is 5.56 Å². The third-order valence-electron chi connectivity index (χ3n) is 4.49. The van der Waals surface area contributed by atoms with Gasteiger partial charge in [-0.2, -0.15) is 0 Å². The lowest BCUT2D eigenvalue weighted by atomic mass is 10.0. The average Bonchev–Trinajstić information content (AvgIpc) is 2.67. The number of carbonyl (C=O) groups excluding carboxylic acids is 1. The van der Waals surface area contributed by atoms with Crippen molar-refractivity contribution >= 4 is 16.8 Å². The highest BCUT2D eigenvalue weighted by Crippen LogP contribution is 2.22. The maximum Gasteiger partial charge on any atom is 0.270 e. The van der Waals surface area contributed by atoms with E-state index in [1.807, 2.05) is 36.4 Å². The molecule has 27 heavy (non-hydrogen) atoms. The van der Waals surface area contributed by atoms with Crippen LogP contribution < -0.4 is 5.32 Å². The van der Waals surface area contributed by atoms with Crippen LogP contribution in [0.15, 0.2) is 48.5 Å². The van der Waals surface area contributed by atoms with Crippen molar-refractivity contribution in [3.63, 3.8) is 0 Å². The number of fused-ring (bicyclic) bond motifs is 1. The van der Waals surface area contributed by atoms with Gasteiger partial charge in [0.25, 0.3) is 5.91 Å². The third-order valence-corrected chi connectivity index (χ3v) is 4.49. The van der Waals surface area contributed by atoms with Gasteiger partial charge in [-0.3, -0.25) is 4.79 Å². The van der Waals surface area contributed by atoms with E-state index >= 15 is 0 Å². The fourth-order valence-electron chi connectivity index (χ4n) is 3.10. The maximum atomic E-state index is 12.7. The molecule has 1 heterocycles. The highest BCUT2D eigenvalue weighted by molar-refractivity contribution is 6.04. The number of carbonyl (C=O) groups is 1. The first kappa shape index (κ1) is 19.0. The van der Waals surface area contributed by atoms with Crippen molar-refractivity contribution in [1.82, 2.24) is 15.3 Å². The minimum Gasteiger partial charge on any atom is -0.351 e. The van der Waals surface area contributed by atoms with E-state index in [-0.39, 0.29) is 5.91 Å². The number of hydrogen-bond donors (Lipinski definition) is 1. The van der Waals surface area contributed by atoms with Gasteiger partial charge in [-0.15, -0.1) is 0 Å². The van der Waals surface area contributed by atoms with E-state index < -0.39 is 0 Å². The lowest BCUT2D eigenvalue weighted by Crippen LogP contribution is -2.26. The Hall–Kier alpha value is -2.75. The van der Waals surface area contributed by atoms with Crippen LogP contribution in [-0.4, -0.2) is 22.4 Å². The van der Waals surface area contributed by atoms with Gasteiger partial charge in [0.1, 0.15) is 5.69 Å². The molecule has 0 unspecified atom stereocenters. The number of nitrogens with one attached hydrogen (secondary N) is 1. The molecule has 1 amide bonds. The summed E-state index contributed by atoms with van der Waals surface area (Å²) < 4.78 is 0. The Bertz CT molecular complexity index is 917. The molecule has 0 aliphatic carbocycles. The second kappa shape index (κ2) is 8.76. The first-order valence-electron chi connectivity index (χ1n) is 9.72. The molecule has 140 valence electrons. The smallest absolute Gasteiger partial charge is 0.270 e. The fraction of sp³-hybridized carbons (Fsp3) is 0.348. The van der Waals surface area contributed by atoms with Gasteiger partial charge < -0.3 is 5.32 Å². The number of unbranched alkanes of at least 4 members (excludes halogenated alkanes) is 1. The van der Waals surface area contributed by atoms with Gasteiger partial charge in [0.2, 0.25) is 0 Å². The molecular weight excluding hydrogens is 334 g/mol. The van der Waals surface area contributed by atoms with Crippen molar-refractivity contribution < 1.29 is 4.79 Å². The quantitative estimate of drug-likeness (QED) is 0.601. The zero-order valence-corrected chi connectivity index (χ0v) is 16.3. The first-order chi connectivity index (χ1) is 13.1. The van der Waals surface area contributed by atoms with Crippen molar-refractivity contribution in [3.8, 4) is 11.4 Å². The fourth-order valence-corrected chi connectivity index (χ4v) is 3.10. The number of amides is 1. The topological polar surface area (TPSA) is 54.9 Å². The summed E-state index contributed by atoms with van der Waals surface area (Å²) in [5.74, 6) is 1.07. The van der Waals surface area contributed by atoms with E-state index in [4.69, 9.17) is 0 Å². The highest BCUT2D eigenvalue weighted by atomic mass is 16.1. The molecule has 4 nitrogen and oxygen atoms in total. The summed E-state index contributed by atoms with van der Waals surface area (Å²) in [4.78, 5) is 22.0. The van der Waals surface area contributed by atoms with Crippen LogP contribution in [0.25, 0.3) is 22.3 Å². The summed E-state index contributed by atoms with van der Waals surface area (Å²) in [5, 5.41) is 3.76. The largest absolute Gasteiger partial charge is 0.351 e. The summed E-state index contributed by atoms with van der Waals surface area (Å²) >= 11 is 0. The van der Waals surface area contributed by atoms with Crippen LogP contribution in [0, 0.1) is 5.92 Å². The number of para-hydroxylation sites is 1. The van der Waals surface area contributed by atoms with Gasteiger partial charge in [0.15, 0.2) is 5.82 Å². The van der Waals surface area contributed by atoms with Crippen LogP contribution in [0.5, 0.6) is 0 Å². The normalized spacial score (nSPS) is 11.1. The van der Waals surface area contributed by atoms with Crippen molar-refractivity contribution in [1.29, 1.82) is 0 Å². The molecule has 0 atom stereocenters. The lowest BCUT2D eigenvalue weighted by molar-refractivity contribution is 0.0950. The molecule has 3 rings (SSSR count). The Morgan fingerprint density at radius 3 is 2.48 bits per heavy atom. The first-order valence-corrected chi connectivity index (χ1v) is 9.72. The summed E-state index contributed by atoms with van der Waals surface area (Å²) in [7, 11) is 0. The number of rotatable bonds is 7. The second-order valence-corrected chi connectivity index (χ2v) is 7.32. The maximum absolute atomic E-state index is 12.7. The molecule has 0 aliphatic rings. The summed E-state index contributed by atoms with van der Waals surface area (Å²) in [6.45, 7) is 7.19. The summed E-state index contributed by atoms with van der Waals surface area (Å²) in [5.41, 5.74) is 3.45. The number of nitrogens with zero attached hydrogens (tertiary/aromatic N) is 2. The molecular formula is C23H27N3O. The molecule has 0 radical (unpaired) electrons. The summed E-state index contributed by atoms with van der Waals surface area (Å²) in [6.07, 6.45) is 3.04. The lowest BCUT2D eigenvalue weighted by Gasteiger charge is -2.10. The number of benzene rings is 2. The van der Waals surface area contributed by atoms with Gasteiger partial charge in [0.05, 0.1) is 5.52 Å². The molecule has 1 aromatic heterocycles. The minimum absolute atomic E-state index is 0.139. The monoisotopic (exact) mass is 361 g/mol. The van der Waals surface area contributed by atoms with Crippen LogP contribution >= 0.6 is 0 Å². The Morgan fingerprint density at radius 2 is 1.78 bits per heavy atom. The van der Waals surface area contributed by atoms with E-state index in [0.29, 0.717) is 24.0 Å². The average molecular weight is 361 g/mol. The Kier molecular flexibility index (Phi) is 6.17. The molecule has 0 bridgehead atoms. The van der Waals surface area contributed by atoms with Crippen LogP contribution in [0.3, 0.4) is 0 Å². The molecule has 0 aliphatic heterocycles. The molecule has 0 saturated heterocycles.